The highest BCUT2D eigenvalue weighted by atomic mass is 19.2. The van der Waals surface area contributed by atoms with Crippen LogP contribution in [0.15, 0.2) is 42.7 Å². The van der Waals surface area contributed by atoms with Gasteiger partial charge in [-0.05, 0) is 43.0 Å². The molecular weight excluding hydrogens is 390 g/mol. The lowest BCUT2D eigenvalue weighted by Gasteiger charge is -2.22. The summed E-state index contributed by atoms with van der Waals surface area (Å²) in [5.74, 6) is -2.28. The van der Waals surface area contributed by atoms with Gasteiger partial charge in [-0.15, -0.1) is 0 Å². The molecule has 0 radical (unpaired) electrons. The number of nitrogens with one attached hydrogen (secondary N) is 2. The SMILES string of the molecule is CC(C)C(C(=O)Nc1ccc(NC(=O)C2CC2)cc1)n1cnc2cc(F)c(F)cc21. The molecule has 1 aromatic heterocycles. The maximum absolute atomic E-state index is 13.8. The van der Waals surface area contributed by atoms with Crippen molar-refractivity contribution in [1.29, 1.82) is 0 Å². The molecule has 30 heavy (non-hydrogen) atoms. The van der Waals surface area contributed by atoms with Gasteiger partial charge in [0.1, 0.15) is 6.04 Å². The van der Waals surface area contributed by atoms with Gasteiger partial charge < -0.3 is 15.2 Å². The average Bonchev–Trinajstić information content (AvgIpc) is 3.48. The van der Waals surface area contributed by atoms with Crippen LogP contribution in [0.2, 0.25) is 0 Å². The van der Waals surface area contributed by atoms with Crippen LogP contribution < -0.4 is 10.6 Å². The van der Waals surface area contributed by atoms with Crippen molar-refractivity contribution in [3.63, 3.8) is 0 Å². The minimum atomic E-state index is -0.990. The lowest BCUT2D eigenvalue weighted by Crippen LogP contribution is -2.29. The van der Waals surface area contributed by atoms with E-state index in [4.69, 9.17) is 0 Å². The molecule has 2 amide bonds. The molecule has 2 N–H and O–H groups in total. The Labute approximate surface area is 172 Å². The van der Waals surface area contributed by atoms with Crippen LogP contribution in [0.3, 0.4) is 0 Å². The van der Waals surface area contributed by atoms with E-state index in [9.17, 15) is 18.4 Å². The number of halogens is 2. The van der Waals surface area contributed by atoms with Gasteiger partial charge >= 0.3 is 0 Å². The van der Waals surface area contributed by atoms with Crippen LogP contribution in [0.25, 0.3) is 11.0 Å². The number of carbonyl (C=O) groups is 2. The molecule has 8 heteroatoms. The van der Waals surface area contributed by atoms with Crippen molar-refractivity contribution < 1.29 is 18.4 Å². The fourth-order valence-corrected chi connectivity index (χ4v) is 3.44. The van der Waals surface area contributed by atoms with Crippen LogP contribution in [-0.2, 0) is 9.59 Å². The summed E-state index contributed by atoms with van der Waals surface area (Å²) in [4.78, 5) is 29.0. The van der Waals surface area contributed by atoms with E-state index in [0.717, 1.165) is 25.0 Å². The topological polar surface area (TPSA) is 76.0 Å². The Morgan fingerprint density at radius 2 is 1.63 bits per heavy atom. The van der Waals surface area contributed by atoms with Crippen LogP contribution in [-0.4, -0.2) is 21.4 Å². The molecule has 0 spiro atoms. The quantitative estimate of drug-likeness (QED) is 0.626. The minimum Gasteiger partial charge on any atom is -0.326 e. The second-order valence-electron chi connectivity index (χ2n) is 7.93. The van der Waals surface area contributed by atoms with Crippen molar-refractivity contribution >= 4 is 34.2 Å². The van der Waals surface area contributed by atoms with Crippen LogP contribution in [0.4, 0.5) is 20.2 Å². The first-order chi connectivity index (χ1) is 14.3. The van der Waals surface area contributed by atoms with E-state index >= 15 is 0 Å². The second-order valence-corrected chi connectivity index (χ2v) is 7.93. The maximum atomic E-state index is 13.8. The van der Waals surface area contributed by atoms with Gasteiger partial charge in [-0.25, -0.2) is 13.8 Å². The van der Waals surface area contributed by atoms with Crippen molar-refractivity contribution in [3.8, 4) is 0 Å². The van der Waals surface area contributed by atoms with Gasteiger partial charge in [-0.3, -0.25) is 9.59 Å². The smallest absolute Gasteiger partial charge is 0.247 e. The Morgan fingerprint density at radius 3 is 2.23 bits per heavy atom. The normalized spacial score (nSPS) is 14.7. The number of rotatable bonds is 6. The molecule has 1 saturated carbocycles. The zero-order chi connectivity index (χ0) is 21.4. The minimum absolute atomic E-state index is 0.0160. The van der Waals surface area contributed by atoms with Gasteiger partial charge in [0.2, 0.25) is 11.8 Å². The summed E-state index contributed by atoms with van der Waals surface area (Å²) in [5.41, 5.74) is 1.86. The predicted molar refractivity (Wildman–Crippen MR) is 110 cm³/mol. The molecule has 0 aliphatic heterocycles. The van der Waals surface area contributed by atoms with E-state index in [1.807, 2.05) is 13.8 Å². The van der Waals surface area contributed by atoms with Gasteiger partial charge in [-0.1, -0.05) is 13.8 Å². The average molecular weight is 412 g/mol. The van der Waals surface area contributed by atoms with Gasteiger partial charge in [-0.2, -0.15) is 0 Å². The fourth-order valence-electron chi connectivity index (χ4n) is 3.44. The van der Waals surface area contributed by atoms with Gasteiger partial charge in [0.15, 0.2) is 11.6 Å². The van der Waals surface area contributed by atoms with E-state index in [0.29, 0.717) is 16.9 Å². The van der Waals surface area contributed by atoms with Crippen molar-refractivity contribution in [2.75, 3.05) is 10.6 Å². The van der Waals surface area contributed by atoms with Crippen LogP contribution in [0.1, 0.15) is 32.7 Å². The lowest BCUT2D eigenvalue weighted by atomic mass is 10.0. The van der Waals surface area contributed by atoms with E-state index in [1.54, 1.807) is 28.8 Å². The van der Waals surface area contributed by atoms with Crippen molar-refractivity contribution in [2.45, 2.75) is 32.7 Å². The number of amides is 2. The van der Waals surface area contributed by atoms with Gasteiger partial charge in [0, 0.05) is 29.4 Å². The first kappa shape index (κ1) is 20.0. The number of hydrogen-bond donors (Lipinski definition) is 2. The number of benzene rings is 2. The molecule has 156 valence electrons. The standard InChI is InChI=1S/C22H22F2N4O2/c1-12(2)20(28-11-25-18-9-16(23)17(24)10-19(18)28)22(30)27-15-7-5-14(6-8-15)26-21(29)13-3-4-13/h5-13,20H,3-4H2,1-2H3,(H,26,29)(H,27,30). The predicted octanol–water partition coefficient (Wildman–Crippen LogP) is 4.50. The molecular formula is C22H22F2N4O2. The van der Waals surface area contributed by atoms with Crippen LogP contribution in [0.5, 0.6) is 0 Å². The zero-order valence-electron chi connectivity index (χ0n) is 16.7. The Balaban J connectivity index is 1.53. The molecule has 0 saturated heterocycles. The molecule has 3 aromatic rings. The van der Waals surface area contributed by atoms with Crippen molar-refractivity contribution in [1.82, 2.24) is 9.55 Å². The highest BCUT2D eigenvalue weighted by Gasteiger charge is 2.29. The summed E-state index contributed by atoms with van der Waals surface area (Å²) >= 11 is 0. The third-order valence-electron chi connectivity index (χ3n) is 5.18. The third kappa shape index (κ3) is 4.03. The Hall–Kier alpha value is -3.29. The summed E-state index contributed by atoms with van der Waals surface area (Å²) in [7, 11) is 0. The van der Waals surface area contributed by atoms with E-state index in [-0.39, 0.29) is 29.2 Å². The van der Waals surface area contributed by atoms with E-state index in [2.05, 4.69) is 15.6 Å². The molecule has 6 nitrogen and oxygen atoms in total. The molecule has 1 atom stereocenters. The fraction of sp³-hybridized carbons (Fsp3) is 0.318. The number of carbonyl (C=O) groups excluding carboxylic acids is 2. The number of aromatic nitrogens is 2. The Morgan fingerprint density at radius 1 is 1.03 bits per heavy atom. The molecule has 1 unspecified atom stereocenters. The van der Waals surface area contributed by atoms with E-state index < -0.39 is 17.7 Å². The molecule has 1 heterocycles. The number of anilines is 2. The highest BCUT2D eigenvalue weighted by Crippen LogP contribution is 2.30. The summed E-state index contributed by atoms with van der Waals surface area (Å²) in [6.45, 7) is 3.74. The van der Waals surface area contributed by atoms with Gasteiger partial charge in [0.25, 0.3) is 0 Å². The summed E-state index contributed by atoms with van der Waals surface area (Å²) < 4.78 is 28.8. The third-order valence-corrected chi connectivity index (χ3v) is 5.18. The van der Waals surface area contributed by atoms with E-state index in [1.165, 1.54) is 6.33 Å². The van der Waals surface area contributed by atoms with Crippen molar-refractivity contribution in [2.24, 2.45) is 11.8 Å². The monoisotopic (exact) mass is 412 g/mol. The van der Waals surface area contributed by atoms with Gasteiger partial charge in [0.05, 0.1) is 17.4 Å². The summed E-state index contributed by atoms with van der Waals surface area (Å²) in [5, 5.41) is 5.70. The van der Waals surface area contributed by atoms with Crippen LogP contribution >= 0.6 is 0 Å². The zero-order valence-corrected chi connectivity index (χ0v) is 16.7. The first-order valence-corrected chi connectivity index (χ1v) is 9.87. The molecule has 4 rings (SSSR count). The number of nitrogens with zero attached hydrogens (tertiary/aromatic N) is 2. The molecule has 2 aromatic carbocycles. The first-order valence-electron chi connectivity index (χ1n) is 9.87. The molecule has 1 fully saturated rings. The summed E-state index contributed by atoms with van der Waals surface area (Å²) in [6.07, 6.45) is 3.27. The molecule has 1 aliphatic carbocycles. The number of hydrogen-bond acceptors (Lipinski definition) is 3. The Kier molecular flexibility index (Phi) is 5.24. The maximum Gasteiger partial charge on any atom is 0.247 e. The highest BCUT2D eigenvalue weighted by molar-refractivity contribution is 5.96. The largest absolute Gasteiger partial charge is 0.326 e. The summed E-state index contributed by atoms with van der Waals surface area (Å²) in [6, 6.07) is 8.27. The Bertz CT molecular complexity index is 1100. The lowest BCUT2D eigenvalue weighted by molar-refractivity contribution is -0.120. The van der Waals surface area contributed by atoms with Crippen molar-refractivity contribution in [3.05, 3.63) is 54.4 Å². The van der Waals surface area contributed by atoms with Crippen LogP contribution in [0, 0.1) is 23.5 Å². The molecule has 0 bridgehead atoms. The molecule has 1 aliphatic rings. The number of fused-ring (bicyclic) bond motifs is 1. The second kappa shape index (κ2) is 7.85. The number of imidazole rings is 1.